The van der Waals surface area contributed by atoms with Crippen LogP contribution in [0.4, 0.5) is 0 Å². The van der Waals surface area contributed by atoms with Crippen LogP contribution >= 0.6 is 11.6 Å². The molecule has 1 atom stereocenters. The van der Waals surface area contributed by atoms with E-state index in [4.69, 9.17) is 16.6 Å². The summed E-state index contributed by atoms with van der Waals surface area (Å²) < 4.78 is 2.28. The Morgan fingerprint density at radius 2 is 2.00 bits per heavy atom. The van der Waals surface area contributed by atoms with Crippen LogP contribution in [0.1, 0.15) is 51.0 Å². The van der Waals surface area contributed by atoms with E-state index in [1.54, 1.807) is 0 Å². The molecule has 0 bridgehead atoms. The topological polar surface area (TPSA) is 30.7 Å². The van der Waals surface area contributed by atoms with Crippen LogP contribution in [-0.2, 0) is 6.42 Å². The van der Waals surface area contributed by atoms with Crippen molar-refractivity contribution in [3.8, 4) is 0 Å². The molecule has 0 fully saturated rings. The number of hydrogen-bond donors (Lipinski definition) is 0. The van der Waals surface area contributed by atoms with Gasteiger partial charge >= 0.3 is 0 Å². The van der Waals surface area contributed by atoms with Gasteiger partial charge in [0.15, 0.2) is 5.65 Å². The van der Waals surface area contributed by atoms with Crippen LogP contribution in [0.15, 0.2) is 12.3 Å². The lowest BCUT2D eigenvalue weighted by Crippen LogP contribution is -2.11. The monoisotopic (exact) mass is 293 g/mol. The summed E-state index contributed by atoms with van der Waals surface area (Å²) in [5.41, 5.74) is 3.13. The van der Waals surface area contributed by atoms with Crippen molar-refractivity contribution in [2.24, 2.45) is 5.92 Å². The molecule has 2 heterocycles. The molecule has 0 aliphatic heterocycles. The highest BCUT2D eigenvalue weighted by Gasteiger charge is 2.17. The molecule has 20 heavy (non-hydrogen) atoms. The number of fused-ring (bicyclic) bond motifs is 1. The molecule has 1 unspecified atom stereocenters. The summed E-state index contributed by atoms with van der Waals surface area (Å²) in [5.74, 6) is 2.38. The summed E-state index contributed by atoms with van der Waals surface area (Å²) in [6.07, 6.45) is 5.07. The zero-order chi connectivity index (χ0) is 14.7. The molecule has 0 aliphatic carbocycles. The van der Waals surface area contributed by atoms with Gasteiger partial charge in [0.2, 0.25) is 0 Å². The van der Waals surface area contributed by atoms with Crippen LogP contribution in [0.2, 0.25) is 0 Å². The van der Waals surface area contributed by atoms with E-state index in [1.165, 1.54) is 6.42 Å². The zero-order valence-corrected chi connectivity index (χ0v) is 13.6. The summed E-state index contributed by atoms with van der Waals surface area (Å²) in [6.45, 7) is 8.83. The normalized spacial score (nSPS) is 13.3. The fraction of sp³-hybridized carbons (Fsp3) is 0.625. The molecule has 0 amide bonds. The standard InChI is InChI=1S/C16H24ClN3/c1-11(2)5-6-13(4)20-15(7-8-17)19-14-9-12(3)10-18-16(14)20/h9-11,13H,5-8H2,1-4H3. The first-order valence-corrected chi connectivity index (χ1v) is 7.95. The first kappa shape index (κ1) is 15.3. The summed E-state index contributed by atoms with van der Waals surface area (Å²) in [5, 5.41) is 0. The average molecular weight is 294 g/mol. The molecule has 4 heteroatoms. The van der Waals surface area contributed by atoms with Gasteiger partial charge in [-0.1, -0.05) is 13.8 Å². The molecule has 2 rings (SSSR count). The number of pyridine rings is 1. The lowest BCUT2D eigenvalue weighted by Gasteiger charge is -2.18. The van der Waals surface area contributed by atoms with Crippen molar-refractivity contribution in [2.75, 3.05) is 5.88 Å². The molecule has 3 nitrogen and oxygen atoms in total. The number of rotatable bonds is 6. The minimum Gasteiger partial charge on any atom is -0.310 e. The lowest BCUT2D eigenvalue weighted by atomic mass is 10.0. The van der Waals surface area contributed by atoms with Crippen molar-refractivity contribution in [3.05, 3.63) is 23.7 Å². The fourth-order valence-corrected chi connectivity index (χ4v) is 2.73. The van der Waals surface area contributed by atoms with Gasteiger partial charge in [0.1, 0.15) is 11.3 Å². The number of hydrogen-bond acceptors (Lipinski definition) is 2. The molecule has 0 aliphatic rings. The molecule has 0 saturated heterocycles. The SMILES string of the molecule is Cc1cnc2c(c1)nc(CCCl)n2C(C)CCC(C)C. The number of aromatic nitrogens is 3. The van der Waals surface area contributed by atoms with E-state index in [2.05, 4.69) is 43.3 Å². The maximum Gasteiger partial charge on any atom is 0.160 e. The van der Waals surface area contributed by atoms with Crippen molar-refractivity contribution in [1.29, 1.82) is 0 Å². The van der Waals surface area contributed by atoms with Gasteiger partial charge in [-0.25, -0.2) is 9.97 Å². The smallest absolute Gasteiger partial charge is 0.160 e. The maximum absolute atomic E-state index is 5.93. The summed E-state index contributed by atoms with van der Waals surface area (Å²) >= 11 is 5.93. The maximum atomic E-state index is 5.93. The van der Waals surface area contributed by atoms with Gasteiger partial charge in [-0.05, 0) is 44.2 Å². The quantitative estimate of drug-likeness (QED) is 0.733. The molecule has 0 aromatic carbocycles. The van der Waals surface area contributed by atoms with Crippen molar-refractivity contribution in [2.45, 2.75) is 53.0 Å². The van der Waals surface area contributed by atoms with E-state index in [9.17, 15) is 0 Å². The van der Waals surface area contributed by atoms with Gasteiger partial charge in [-0.15, -0.1) is 11.6 Å². The molecule has 0 saturated carbocycles. The fourth-order valence-electron chi connectivity index (χ4n) is 2.56. The molecule has 0 N–H and O–H groups in total. The third kappa shape index (κ3) is 3.32. The van der Waals surface area contributed by atoms with E-state index < -0.39 is 0 Å². The first-order chi connectivity index (χ1) is 9.52. The highest BCUT2D eigenvalue weighted by Crippen LogP contribution is 2.25. The van der Waals surface area contributed by atoms with Crippen molar-refractivity contribution >= 4 is 22.8 Å². The van der Waals surface area contributed by atoms with Crippen LogP contribution in [0, 0.1) is 12.8 Å². The Bertz CT molecular complexity index is 574. The lowest BCUT2D eigenvalue weighted by molar-refractivity contribution is 0.436. The molecular weight excluding hydrogens is 270 g/mol. The van der Waals surface area contributed by atoms with Crippen LogP contribution in [0.25, 0.3) is 11.2 Å². The van der Waals surface area contributed by atoms with Gasteiger partial charge in [0, 0.05) is 24.5 Å². The Morgan fingerprint density at radius 1 is 1.25 bits per heavy atom. The predicted octanol–water partition coefficient (Wildman–Crippen LogP) is 4.52. The Labute approximate surface area is 126 Å². The van der Waals surface area contributed by atoms with E-state index in [0.717, 1.165) is 41.3 Å². The summed E-state index contributed by atoms with van der Waals surface area (Å²) in [6, 6.07) is 2.52. The van der Waals surface area contributed by atoms with Crippen LogP contribution < -0.4 is 0 Å². The van der Waals surface area contributed by atoms with E-state index >= 15 is 0 Å². The van der Waals surface area contributed by atoms with E-state index in [-0.39, 0.29) is 0 Å². The largest absolute Gasteiger partial charge is 0.310 e. The number of aryl methyl sites for hydroxylation is 2. The van der Waals surface area contributed by atoms with Gasteiger partial charge in [-0.2, -0.15) is 0 Å². The molecule has 0 spiro atoms. The number of nitrogens with zero attached hydrogens (tertiary/aromatic N) is 3. The van der Waals surface area contributed by atoms with Crippen LogP contribution in [-0.4, -0.2) is 20.4 Å². The van der Waals surface area contributed by atoms with Gasteiger partial charge in [0.05, 0.1) is 0 Å². The number of imidazole rings is 1. The molecule has 110 valence electrons. The third-order valence-corrected chi connectivity index (χ3v) is 3.85. The van der Waals surface area contributed by atoms with E-state index in [1.807, 2.05) is 6.20 Å². The average Bonchev–Trinajstić information content (AvgIpc) is 2.73. The van der Waals surface area contributed by atoms with Crippen molar-refractivity contribution < 1.29 is 0 Å². The highest BCUT2D eigenvalue weighted by atomic mass is 35.5. The Morgan fingerprint density at radius 3 is 2.65 bits per heavy atom. The summed E-state index contributed by atoms with van der Waals surface area (Å²) in [4.78, 5) is 9.32. The second-order valence-corrected chi connectivity index (χ2v) is 6.39. The Hall–Kier alpha value is -1.09. The molecular formula is C16H24ClN3. The van der Waals surface area contributed by atoms with Crippen molar-refractivity contribution in [3.63, 3.8) is 0 Å². The second-order valence-electron chi connectivity index (χ2n) is 6.01. The van der Waals surface area contributed by atoms with E-state index in [0.29, 0.717) is 11.9 Å². The van der Waals surface area contributed by atoms with Gasteiger partial charge < -0.3 is 4.57 Å². The number of halogens is 1. The minimum absolute atomic E-state index is 0.413. The Kier molecular flexibility index (Phi) is 5.03. The molecule has 2 aromatic rings. The molecule has 0 radical (unpaired) electrons. The Balaban J connectivity index is 2.39. The van der Waals surface area contributed by atoms with Crippen LogP contribution in [0.3, 0.4) is 0 Å². The van der Waals surface area contributed by atoms with Crippen LogP contribution in [0.5, 0.6) is 0 Å². The summed E-state index contributed by atoms with van der Waals surface area (Å²) in [7, 11) is 0. The van der Waals surface area contributed by atoms with Crippen molar-refractivity contribution in [1.82, 2.24) is 14.5 Å². The second kappa shape index (κ2) is 6.57. The highest BCUT2D eigenvalue weighted by molar-refractivity contribution is 6.17. The van der Waals surface area contributed by atoms with Gasteiger partial charge in [0.25, 0.3) is 0 Å². The zero-order valence-electron chi connectivity index (χ0n) is 12.9. The first-order valence-electron chi connectivity index (χ1n) is 7.42. The predicted molar refractivity (Wildman–Crippen MR) is 85.5 cm³/mol. The third-order valence-electron chi connectivity index (χ3n) is 3.66. The number of alkyl halides is 1. The van der Waals surface area contributed by atoms with Gasteiger partial charge in [-0.3, -0.25) is 0 Å². The minimum atomic E-state index is 0.413. The molecule has 2 aromatic heterocycles.